The lowest BCUT2D eigenvalue weighted by Gasteiger charge is -2.12. The lowest BCUT2D eigenvalue weighted by Crippen LogP contribution is -1.95. The van der Waals surface area contributed by atoms with E-state index in [4.69, 9.17) is 0 Å². The monoisotopic (exact) mass is 280 g/mol. The van der Waals surface area contributed by atoms with Crippen LogP contribution in [0, 0.1) is 0 Å². The molecule has 0 radical (unpaired) electrons. The van der Waals surface area contributed by atoms with Gasteiger partial charge in [0.2, 0.25) is 0 Å². The largest absolute Gasteiger partial charge is 0.147 e. The van der Waals surface area contributed by atoms with Crippen molar-refractivity contribution in [1.29, 1.82) is 0 Å². The number of hydrogen-bond donors (Lipinski definition) is 0. The zero-order chi connectivity index (χ0) is 10.7. The van der Waals surface area contributed by atoms with Crippen molar-refractivity contribution in [3.63, 3.8) is 0 Å². The van der Waals surface area contributed by atoms with Crippen LogP contribution in [0.15, 0.2) is 41.8 Å². The van der Waals surface area contributed by atoms with Crippen molar-refractivity contribution in [1.82, 2.24) is 0 Å². The normalized spacial score (nSPS) is 12.7. The number of halogens is 1. The Labute approximate surface area is 103 Å². The van der Waals surface area contributed by atoms with Crippen molar-refractivity contribution in [2.24, 2.45) is 0 Å². The molecule has 1 aromatic carbocycles. The summed E-state index contributed by atoms with van der Waals surface area (Å²) < 4.78 is 0. The van der Waals surface area contributed by atoms with Gasteiger partial charge in [0.25, 0.3) is 0 Å². The minimum atomic E-state index is 0.341. The highest BCUT2D eigenvalue weighted by Crippen LogP contribution is 2.35. The molecule has 0 bridgehead atoms. The summed E-state index contributed by atoms with van der Waals surface area (Å²) in [5, 5.41) is 2.12. The summed E-state index contributed by atoms with van der Waals surface area (Å²) in [6.07, 6.45) is 1.09. The molecule has 1 heterocycles. The molecule has 2 aromatic rings. The molecule has 0 saturated heterocycles. The molecule has 1 atom stereocenters. The predicted octanol–water partition coefficient (Wildman–Crippen LogP) is 4.79. The average Bonchev–Trinajstić information content (AvgIpc) is 2.81. The van der Waals surface area contributed by atoms with Crippen molar-refractivity contribution < 1.29 is 0 Å². The highest BCUT2D eigenvalue weighted by atomic mass is 79.9. The molecule has 0 nitrogen and oxygen atoms in total. The fourth-order valence-corrected chi connectivity index (χ4v) is 3.33. The molecule has 0 amide bonds. The summed E-state index contributed by atoms with van der Waals surface area (Å²) in [4.78, 5) is 1.71. The molecule has 0 aliphatic heterocycles. The number of benzene rings is 1. The van der Waals surface area contributed by atoms with Crippen LogP contribution in [-0.4, -0.2) is 0 Å². The van der Waals surface area contributed by atoms with E-state index in [9.17, 15) is 0 Å². The molecule has 0 fully saturated rings. The summed E-state index contributed by atoms with van der Waals surface area (Å²) in [6, 6.07) is 12.9. The maximum absolute atomic E-state index is 3.78. The van der Waals surface area contributed by atoms with Gasteiger partial charge >= 0.3 is 0 Å². The predicted molar refractivity (Wildman–Crippen MR) is 70.9 cm³/mol. The minimum absolute atomic E-state index is 0.341. The molecule has 1 aromatic heterocycles. The summed E-state index contributed by atoms with van der Waals surface area (Å²) in [5.74, 6) is 0. The number of thiophene rings is 1. The Balaban J connectivity index is 2.37. The van der Waals surface area contributed by atoms with Crippen molar-refractivity contribution >= 4 is 27.3 Å². The van der Waals surface area contributed by atoms with E-state index in [1.807, 2.05) is 0 Å². The Morgan fingerprint density at radius 2 is 2.00 bits per heavy atom. The van der Waals surface area contributed by atoms with Crippen LogP contribution in [0.25, 0.3) is 0 Å². The standard InChI is InChI=1S/C13H13BrS/c1-2-10-6-3-4-7-11(10)13(14)12-8-5-9-15-12/h3-9,13H,2H2,1H3. The van der Waals surface area contributed by atoms with E-state index in [1.165, 1.54) is 16.0 Å². The number of alkyl halides is 1. The van der Waals surface area contributed by atoms with Gasteiger partial charge in [0.1, 0.15) is 0 Å². The van der Waals surface area contributed by atoms with Crippen LogP contribution in [0.2, 0.25) is 0 Å². The van der Waals surface area contributed by atoms with Gasteiger partial charge in [-0.2, -0.15) is 0 Å². The van der Waals surface area contributed by atoms with Gasteiger partial charge in [-0.3, -0.25) is 0 Å². The summed E-state index contributed by atoms with van der Waals surface area (Å²) in [7, 11) is 0. The third kappa shape index (κ3) is 2.32. The van der Waals surface area contributed by atoms with Gasteiger partial charge in [0.05, 0.1) is 4.83 Å². The second-order valence-electron chi connectivity index (χ2n) is 3.43. The third-order valence-electron chi connectivity index (χ3n) is 2.50. The number of rotatable bonds is 3. The van der Waals surface area contributed by atoms with E-state index >= 15 is 0 Å². The molecule has 0 aliphatic rings. The van der Waals surface area contributed by atoms with E-state index in [-0.39, 0.29) is 0 Å². The van der Waals surface area contributed by atoms with Crippen LogP contribution < -0.4 is 0 Å². The second kappa shape index (κ2) is 4.95. The molecule has 2 rings (SSSR count). The average molecular weight is 281 g/mol. The fraction of sp³-hybridized carbons (Fsp3) is 0.231. The molecule has 15 heavy (non-hydrogen) atoms. The van der Waals surface area contributed by atoms with Crippen LogP contribution in [0.5, 0.6) is 0 Å². The van der Waals surface area contributed by atoms with E-state index in [0.29, 0.717) is 4.83 Å². The first kappa shape index (κ1) is 10.9. The molecule has 0 spiro atoms. The van der Waals surface area contributed by atoms with Gasteiger partial charge in [0, 0.05) is 4.88 Å². The zero-order valence-corrected chi connectivity index (χ0v) is 11.0. The molecule has 0 N–H and O–H groups in total. The SMILES string of the molecule is CCc1ccccc1C(Br)c1cccs1. The van der Waals surface area contributed by atoms with Crippen molar-refractivity contribution in [3.05, 3.63) is 57.8 Å². The van der Waals surface area contributed by atoms with Gasteiger partial charge < -0.3 is 0 Å². The Morgan fingerprint density at radius 1 is 1.20 bits per heavy atom. The molecule has 78 valence electrons. The number of aryl methyl sites for hydroxylation is 1. The second-order valence-corrected chi connectivity index (χ2v) is 5.33. The summed E-state index contributed by atoms with van der Waals surface area (Å²) in [5.41, 5.74) is 2.82. The third-order valence-corrected chi connectivity index (χ3v) is 4.73. The topological polar surface area (TPSA) is 0 Å². The lowest BCUT2D eigenvalue weighted by atomic mass is 10.0. The van der Waals surface area contributed by atoms with Crippen LogP contribution in [0.3, 0.4) is 0 Å². The van der Waals surface area contributed by atoms with Gasteiger partial charge in [-0.1, -0.05) is 53.2 Å². The molecular weight excluding hydrogens is 268 g/mol. The van der Waals surface area contributed by atoms with E-state index in [1.54, 1.807) is 11.3 Å². The van der Waals surface area contributed by atoms with Crippen molar-refractivity contribution in [3.8, 4) is 0 Å². The maximum Gasteiger partial charge on any atom is 0.0740 e. The molecule has 2 heteroatoms. The Bertz CT molecular complexity index is 420. The maximum atomic E-state index is 3.78. The first-order valence-electron chi connectivity index (χ1n) is 5.08. The first-order chi connectivity index (χ1) is 7.33. The Kier molecular flexibility index (Phi) is 3.60. The molecule has 0 saturated carbocycles. The van der Waals surface area contributed by atoms with Crippen molar-refractivity contribution in [2.45, 2.75) is 18.2 Å². The molecule has 0 aliphatic carbocycles. The van der Waals surface area contributed by atoms with E-state index < -0.39 is 0 Å². The zero-order valence-electron chi connectivity index (χ0n) is 8.61. The van der Waals surface area contributed by atoms with E-state index in [2.05, 4.69) is 64.6 Å². The smallest absolute Gasteiger partial charge is 0.0740 e. The highest BCUT2D eigenvalue weighted by molar-refractivity contribution is 9.09. The van der Waals surface area contributed by atoms with Gasteiger partial charge in [0.15, 0.2) is 0 Å². The van der Waals surface area contributed by atoms with Crippen LogP contribution in [-0.2, 0) is 6.42 Å². The van der Waals surface area contributed by atoms with E-state index in [0.717, 1.165) is 6.42 Å². The first-order valence-corrected chi connectivity index (χ1v) is 6.87. The van der Waals surface area contributed by atoms with Crippen LogP contribution in [0.4, 0.5) is 0 Å². The summed E-state index contributed by atoms with van der Waals surface area (Å²) >= 11 is 5.57. The molecular formula is C13H13BrS. The van der Waals surface area contributed by atoms with Crippen LogP contribution >= 0.6 is 27.3 Å². The summed E-state index contributed by atoms with van der Waals surface area (Å²) in [6.45, 7) is 2.20. The fourth-order valence-electron chi connectivity index (χ4n) is 1.69. The van der Waals surface area contributed by atoms with Gasteiger partial charge in [-0.05, 0) is 29.0 Å². The van der Waals surface area contributed by atoms with Crippen LogP contribution in [0.1, 0.15) is 27.8 Å². The Hall–Kier alpha value is -0.600. The molecule has 1 unspecified atom stereocenters. The quantitative estimate of drug-likeness (QED) is 0.709. The number of hydrogen-bond acceptors (Lipinski definition) is 1. The van der Waals surface area contributed by atoms with Gasteiger partial charge in [-0.15, -0.1) is 11.3 Å². The lowest BCUT2D eigenvalue weighted by molar-refractivity contribution is 1.07. The highest BCUT2D eigenvalue weighted by Gasteiger charge is 2.13. The Morgan fingerprint density at radius 3 is 2.67 bits per heavy atom. The van der Waals surface area contributed by atoms with Gasteiger partial charge in [-0.25, -0.2) is 0 Å². The van der Waals surface area contributed by atoms with Crippen molar-refractivity contribution in [2.75, 3.05) is 0 Å². The minimum Gasteiger partial charge on any atom is -0.147 e.